The number of nitrogens with two attached hydrogens (primary N) is 1. The molecule has 0 aliphatic heterocycles. The zero-order valence-corrected chi connectivity index (χ0v) is 11.5. The highest BCUT2D eigenvalue weighted by Gasteiger charge is 2.12. The first kappa shape index (κ1) is 15.0. The van der Waals surface area contributed by atoms with Crippen molar-refractivity contribution >= 4 is 0 Å². The van der Waals surface area contributed by atoms with Gasteiger partial charge in [-0.2, -0.15) is 0 Å². The second-order valence-electron chi connectivity index (χ2n) is 4.81. The van der Waals surface area contributed by atoms with Gasteiger partial charge >= 0.3 is 0 Å². The molecule has 3 N–H and O–H groups in total. The third-order valence-electron chi connectivity index (χ3n) is 3.00. The van der Waals surface area contributed by atoms with Gasteiger partial charge < -0.3 is 20.5 Å². The Morgan fingerprint density at radius 2 is 2.00 bits per heavy atom. The minimum Gasteiger partial charge on any atom is -0.491 e. The predicted octanol–water partition coefficient (Wildman–Crippen LogP) is 1.23. The van der Waals surface area contributed by atoms with Crippen molar-refractivity contribution in [1.29, 1.82) is 0 Å². The van der Waals surface area contributed by atoms with Gasteiger partial charge in [-0.25, -0.2) is 0 Å². The van der Waals surface area contributed by atoms with Crippen LogP contribution in [0.25, 0.3) is 0 Å². The van der Waals surface area contributed by atoms with Crippen LogP contribution in [0, 0.1) is 0 Å². The number of aliphatic hydroxyl groups excluding tert-OH is 1. The molecule has 1 rings (SSSR count). The molecule has 4 nitrogen and oxygen atoms in total. The Morgan fingerprint density at radius 3 is 2.61 bits per heavy atom. The van der Waals surface area contributed by atoms with Gasteiger partial charge in [0, 0.05) is 24.7 Å². The maximum atomic E-state index is 9.90. The van der Waals surface area contributed by atoms with Gasteiger partial charge in [0.1, 0.15) is 18.5 Å². The lowest BCUT2D eigenvalue weighted by Gasteiger charge is -2.24. The molecule has 0 fully saturated rings. The van der Waals surface area contributed by atoms with Gasteiger partial charge in [0.2, 0.25) is 0 Å². The molecule has 1 aromatic carbocycles. The van der Waals surface area contributed by atoms with Gasteiger partial charge in [-0.3, -0.25) is 0 Å². The number of hydrogen-bond donors (Lipinski definition) is 2. The summed E-state index contributed by atoms with van der Waals surface area (Å²) >= 11 is 0. The van der Waals surface area contributed by atoms with Crippen molar-refractivity contribution in [2.45, 2.75) is 32.5 Å². The number of rotatable bonds is 7. The number of ether oxygens (including phenoxy) is 1. The van der Waals surface area contributed by atoms with Crippen LogP contribution < -0.4 is 10.5 Å². The van der Waals surface area contributed by atoms with Crippen molar-refractivity contribution in [1.82, 2.24) is 4.90 Å². The van der Waals surface area contributed by atoms with Crippen LogP contribution in [0.4, 0.5) is 0 Å². The van der Waals surface area contributed by atoms with Crippen LogP contribution in [0.5, 0.6) is 5.75 Å². The van der Waals surface area contributed by atoms with Crippen LogP contribution in [0.1, 0.15) is 19.4 Å². The minimum atomic E-state index is -0.497. The Balaban J connectivity index is 2.44. The molecule has 1 unspecified atom stereocenters. The Bertz CT molecular complexity index is 355. The van der Waals surface area contributed by atoms with Crippen LogP contribution in [0.15, 0.2) is 24.3 Å². The molecule has 0 amide bonds. The molecule has 0 aliphatic carbocycles. The van der Waals surface area contributed by atoms with E-state index in [1.807, 2.05) is 31.3 Å². The Morgan fingerprint density at radius 1 is 1.33 bits per heavy atom. The molecule has 4 heteroatoms. The van der Waals surface area contributed by atoms with Crippen LogP contribution in [-0.4, -0.2) is 42.4 Å². The molecule has 0 heterocycles. The smallest absolute Gasteiger partial charge is 0.123 e. The first-order valence-electron chi connectivity index (χ1n) is 6.33. The Kier molecular flexibility index (Phi) is 6.12. The van der Waals surface area contributed by atoms with Gasteiger partial charge in [0.25, 0.3) is 0 Å². The zero-order valence-electron chi connectivity index (χ0n) is 11.5. The molecular formula is C14H24N2O2. The van der Waals surface area contributed by atoms with Crippen molar-refractivity contribution in [3.63, 3.8) is 0 Å². The van der Waals surface area contributed by atoms with Gasteiger partial charge in [-0.05, 0) is 27.0 Å². The zero-order chi connectivity index (χ0) is 13.5. The number of likely N-dealkylation sites (N-methyl/N-ethyl adjacent to an activating group) is 1. The van der Waals surface area contributed by atoms with E-state index >= 15 is 0 Å². The number of benzene rings is 1. The van der Waals surface area contributed by atoms with Crippen molar-refractivity contribution < 1.29 is 9.84 Å². The topological polar surface area (TPSA) is 58.7 Å². The molecule has 0 saturated carbocycles. The molecular weight excluding hydrogens is 228 g/mol. The van der Waals surface area contributed by atoms with E-state index < -0.39 is 6.10 Å². The maximum absolute atomic E-state index is 9.90. The Labute approximate surface area is 109 Å². The van der Waals surface area contributed by atoms with E-state index in [1.54, 1.807) is 0 Å². The summed E-state index contributed by atoms with van der Waals surface area (Å²) in [5.41, 5.74) is 6.59. The molecule has 0 radical (unpaired) electrons. The predicted molar refractivity (Wildman–Crippen MR) is 73.6 cm³/mol. The van der Waals surface area contributed by atoms with E-state index in [1.165, 1.54) is 0 Å². The van der Waals surface area contributed by atoms with E-state index in [9.17, 15) is 5.11 Å². The summed E-state index contributed by atoms with van der Waals surface area (Å²) in [5, 5.41) is 9.90. The lowest BCUT2D eigenvalue weighted by atomic mass is 10.2. The highest BCUT2D eigenvalue weighted by atomic mass is 16.5. The summed E-state index contributed by atoms with van der Waals surface area (Å²) in [7, 11) is 1.99. The molecule has 0 bridgehead atoms. The van der Waals surface area contributed by atoms with Crippen molar-refractivity contribution in [2.24, 2.45) is 5.73 Å². The first-order valence-corrected chi connectivity index (χ1v) is 6.33. The summed E-state index contributed by atoms with van der Waals surface area (Å²) in [6, 6.07) is 8.05. The largest absolute Gasteiger partial charge is 0.491 e. The molecule has 102 valence electrons. The first-order chi connectivity index (χ1) is 8.54. The van der Waals surface area contributed by atoms with E-state index in [4.69, 9.17) is 10.5 Å². The molecule has 1 atom stereocenters. The normalized spacial score (nSPS) is 13.1. The highest BCUT2D eigenvalue weighted by molar-refractivity contribution is 5.32. The van der Waals surface area contributed by atoms with Crippen LogP contribution in [0.3, 0.4) is 0 Å². The maximum Gasteiger partial charge on any atom is 0.123 e. The van der Waals surface area contributed by atoms with E-state index in [0.717, 1.165) is 11.3 Å². The number of nitrogens with zero attached hydrogens (tertiary/aromatic N) is 1. The van der Waals surface area contributed by atoms with Crippen molar-refractivity contribution in [2.75, 3.05) is 20.2 Å². The van der Waals surface area contributed by atoms with Gasteiger partial charge in [-0.15, -0.1) is 0 Å². The van der Waals surface area contributed by atoms with Gasteiger partial charge in [0.15, 0.2) is 0 Å². The van der Waals surface area contributed by atoms with Gasteiger partial charge in [-0.1, -0.05) is 18.2 Å². The van der Waals surface area contributed by atoms with E-state index in [-0.39, 0.29) is 6.61 Å². The standard InChI is InChI=1S/C14H24N2O2/c1-11(2)16(3)9-13(17)10-18-14-7-5-4-6-12(14)8-15/h4-7,11,13,17H,8-10,15H2,1-3H3. The molecule has 0 aromatic heterocycles. The summed E-state index contributed by atoms with van der Waals surface area (Å²) in [6.45, 7) is 5.52. The third-order valence-corrected chi connectivity index (χ3v) is 3.00. The van der Waals surface area contributed by atoms with E-state index in [2.05, 4.69) is 18.7 Å². The fraction of sp³-hybridized carbons (Fsp3) is 0.571. The molecule has 0 saturated heterocycles. The molecule has 18 heavy (non-hydrogen) atoms. The van der Waals surface area contributed by atoms with Crippen LogP contribution >= 0.6 is 0 Å². The Hall–Kier alpha value is -1.10. The fourth-order valence-electron chi connectivity index (χ4n) is 1.60. The van der Waals surface area contributed by atoms with Gasteiger partial charge in [0.05, 0.1) is 0 Å². The number of aliphatic hydroxyl groups is 1. The minimum absolute atomic E-state index is 0.286. The van der Waals surface area contributed by atoms with Crippen LogP contribution in [-0.2, 0) is 6.54 Å². The highest BCUT2D eigenvalue weighted by Crippen LogP contribution is 2.17. The summed E-state index contributed by atoms with van der Waals surface area (Å²) in [6.07, 6.45) is -0.497. The summed E-state index contributed by atoms with van der Waals surface area (Å²) in [5.74, 6) is 0.756. The van der Waals surface area contributed by atoms with Crippen molar-refractivity contribution in [3.05, 3.63) is 29.8 Å². The average molecular weight is 252 g/mol. The number of para-hydroxylation sites is 1. The van der Waals surface area contributed by atoms with Crippen LogP contribution in [0.2, 0.25) is 0 Å². The average Bonchev–Trinajstić information content (AvgIpc) is 2.36. The fourth-order valence-corrected chi connectivity index (χ4v) is 1.60. The summed E-state index contributed by atoms with van der Waals surface area (Å²) < 4.78 is 5.61. The molecule has 0 spiro atoms. The SMILES string of the molecule is CC(C)N(C)CC(O)COc1ccccc1CN. The number of hydrogen-bond acceptors (Lipinski definition) is 4. The van der Waals surface area contributed by atoms with E-state index in [0.29, 0.717) is 19.1 Å². The molecule has 1 aromatic rings. The monoisotopic (exact) mass is 252 g/mol. The lowest BCUT2D eigenvalue weighted by Crippen LogP contribution is -2.37. The quantitative estimate of drug-likeness (QED) is 0.766. The van der Waals surface area contributed by atoms with Crippen molar-refractivity contribution in [3.8, 4) is 5.75 Å². The second-order valence-corrected chi connectivity index (χ2v) is 4.81. The third kappa shape index (κ3) is 4.64. The lowest BCUT2D eigenvalue weighted by molar-refractivity contribution is 0.0675. The summed E-state index contributed by atoms with van der Waals surface area (Å²) in [4.78, 5) is 2.09. The molecule has 0 aliphatic rings. The second kappa shape index (κ2) is 7.36.